The number of aryl methyl sites for hydroxylation is 1. The predicted molar refractivity (Wildman–Crippen MR) is 131 cm³/mol. The number of nitrogens with two attached hydrogens (primary N) is 1. The van der Waals surface area contributed by atoms with E-state index in [0.717, 1.165) is 37.4 Å². The van der Waals surface area contributed by atoms with Gasteiger partial charge in [-0.2, -0.15) is 0 Å². The summed E-state index contributed by atoms with van der Waals surface area (Å²) in [6.45, 7) is 3.74. The van der Waals surface area contributed by atoms with E-state index < -0.39 is 0 Å². The number of nitrogen functional groups attached to an aromatic ring is 1. The second-order valence-corrected chi connectivity index (χ2v) is 7.36. The van der Waals surface area contributed by atoms with Crippen molar-refractivity contribution in [3.63, 3.8) is 0 Å². The number of nitrogens with one attached hydrogen (secondary N) is 1. The van der Waals surface area contributed by atoms with Crippen molar-refractivity contribution >= 4 is 48.0 Å². The van der Waals surface area contributed by atoms with Crippen LogP contribution in [-0.2, 0) is 16.0 Å². The van der Waals surface area contributed by atoms with Gasteiger partial charge < -0.3 is 20.9 Å². The highest BCUT2D eigenvalue weighted by atomic mass is 35.5. The quantitative estimate of drug-likeness (QED) is 0.462. The summed E-state index contributed by atoms with van der Waals surface area (Å²) in [4.78, 5) is 28.6. The first-order valence-corrected chi connectivity index (χ1v) is 10.3. The lowest BCUT2D eigenvalue weighted by molar-refractivity contribution is -0.131. The lowest BCUT2D eigenvalue weighted by Gasteiger charge is -2.36. The summed E-state index contributed by atoms with van der Waals surface area (Å²) in [6.07, 6.45) is 2.17. The van der Waals surface area contributed by atoms with Crippen LogP contribution in [0.15, 0.2) is 54.6 Å². The first kappa shape index (κ1) is 26.6. The van der Waals surface area contributed by atoms with Gasteiger partial charge in [0.1, 0.15) is 0 Å². The third kappa shape index (κ3) is 8.31. The van der Waals surface area contributed by atoms with Gasteiger partial charge in [-0.25, -0.2) is 0 Å². The average molecular weight is 467 g/mol. The second kappa shape index (κ2) is 13.8. The number of hydrogen-bond acceptors (Lipinski definition) is 4. The molecular formula is C23H32Cl2N4O2. The molecule has 170 valence electrons. The number of piperazine rings is 1. The third-order valence-corrected chi connectivity index (χ3v) is 5.32. The summed E-state index contributed by atoms with van der Waals surface area (Å²) in [5, 5.41) is 2.90. The molecule has 0 atom stereocenters. The van der Waals surface area contributed by atoms with Crippen LogP contribution < -0.4 is 16.0 Å². The summed E-state index contributed by atoms with van der Waals surface area (Å²) < 4.78 is 0. The number of carbonyl (C=O) groups is 2. The highest BCUT2D eigenvalue weighted by Gasteiger charge is 2.20. The minimum absolute atomic E-state index is 0. The van der Waals surface area contributed by atoms with Crippen molar-refractivity contribution in [2.75, 3.05) is 43.4 Å². The molecule has 8 heteroatoms. The molecule has 1 heterocycles. The molecule has 0 aliphatic carbocycles. The topological polar surface area (TPSA) is 78.7 Å². The minimum Gasteiger partial charge on any atom is -0.399 e. The molecule has 31 heavy (non-hydrogen) atoms. The first-order chi connectivity index (χ1) is 14.1. The van der Waals surface area contributed by atoms with E-state index in [-0.39, 0.29) is 36.6 Å². The Bertz CT molecular complexity index is 812. The van der Waals surface area contributed by atoms with Gasteiger partial charge in [-0.05, 0) is 36.6 Å². The molecule has 0 saturated carbocycles. The van der Waals surface area contributed by atoms with E-state index in [4.69, 9.17) is 5.73 Å². The number of nitrogens with zero attached hydrogens (tertiary/aromatic N) is 2. The Morgan fingerprint density at radius 3 is 2.19 bits per heavy atom. The van der Waals surface area contributed by atoms with Gasteiger partial charge in [0.2, 0.25) is 11.8 Å². The van der Waals surface area contributed by atoms with Gasteiger partial charge >= 0.3 is 0 Å². The number of rotatable bonds is 8. The van der Waals surface area contributed by atoms with Crippen LogP contribution >= 0.6 is 24.8 Å². The monoisotopic (exact) mass is 466 g/mol. The van der Waals surface area contributed by atoms with Crippen molar-refractivity contribution in [2.24, 2.45) is 0 Å². The Hall–Kier alpha value is -2.44. The van der Waals surface area contributed by atoms with Crippen LogP contribution in [0.5, 0.6) is 0 Å². The molecule has 2 aromatic rings. The smallest absolute Gasteiger partial charge is 0.222 e. The molecule has 1 saturated heterocycles. The Morgan fingerprint density at radius 2 is 1.52 bits per heavy atom. The molecule has 2 aromatic carbocycles. The zero-order chi connectivity index (χ0) is 20.5. The van der Waals surface area contributed by atoms with Crippen LogP contribution in [0, 0.1) is 0 Å². The van der Waals surface area contributed by atoms with Gasteiger partial charge in [0.05, 0.1) is 0 Å². The number of hydrogen-bond donors (Lipinski definition) is 2. The molecule has 0 aromatic heterocycles. The van der Waals surface area contributed by atoms with Crippen molar-refractivity contribution in [1.82, 2.24) is 10.2 Å². The SMILES string of the molecule is Cl.Cl.Nc1ccccc1CCC(=O)NCCCC(=O)N1CCN(c2ccccc2)CC1. The third-order valence-electron chi connectivity index (χ3n) is 5.32. The van der Waals surface area contributed by atoms with E-state index in [1.54, 1.807) is 0 Å². The zero-order valence-electron chi connectivity index (χ0n) is 17.7. The van der Waals surface area contributed by atoms with Crippen molar-refractivity contribution in [3.05, 3.63) is 60.2 Å². The van der Waals surface area contributed by atoms with Gasteiger partial charge in [-0.1, -0.05) is 36.4 Å². The fourth-order valence-electron chi connectivity index (χ4n) is 3.58. The Labute approximate surface area is 197 Å². The highest BCUT2D eigenvalue weighted by Crippen LogP contribution is 2.16. The Morgan fingerprint density at radius 1 is 0.871 bits per heavy atom. The van der Waals surface area contributed by atoms with Gasteiger partial charge in [-0.15, -0.1) is 24.8 Å². The molecule has 0 bridgehead atoms. The van der Waals surface area contributed by atoms with Crippen molar-refractivity contribution < 1.29 is 9.59 Å². The number of benzene rings is 2. The first-order valence-electron chi connectivity index (χ1n) is 10.3. The number of anilines is 2. The standard InChI is InChI=1S/C23H30N4O2.2ClH/c24-21-10-5-4-7-19(21)12-13-22(28)25-14-6-11-23(29)27-17-15-26(16-18-27)20-8-2-1-3-9-20;;/h1-5,7-10H,6,11-18,24H2,(H,25,28);2*1H. The minimum atomic E-state index is -0.00261. The van der Waals surface area contributed by atoms with Gasteiger partial charge in [0.25, 0.3) is 0 Å². The van der Waals surface area contributed by atoms with Crippen LogP contribution in [-0.4, -0.2) is 49.4 Å². The van der Waals surface area contributed by atoms with E-state index in [9.17, 15) is 9.59 Å². The van der Waals surface area contributed by atoms with Crippen LogP contribution in [0.1, 0.15) is 24.8 Å². The molecule has 1 fully saturated rings. The van der Waals surface area contributed by atoms with E-state index in [1.807, 2.05) is 47.4 Å². The Balaban J connectivity index is 0.00000240. The average Bonchev–Trinajstić information content (AvgIpc) is 2.77. The van der Waals surface area contributed by atoms with E-state index in [1.165, 1.54) is 5.69 Å². The molecule has 0 spiro atoms. The molecule has 0 unspecified atom stereocenters. The van der Waals surface area contributed by atoms with Crippen molar-refractivity contribution in [1.29, 1.82) is 0 Å². The van der Waals surface area contributed by atoms with Gasteiger partial charge in [-0.3, -0.25) is 9.59 Å². The molecule has 3 N–H and O–H groups in total. The normalized spacial score (nSPS) is 13.0. The maximum atomic E-state index is 12.4. The molecule has 2 amide bonds. The van der Waals surface area contributed by atoms with Gasteiger partial charge in [0, 0.05) is 56.9 Å². The van der Waals surface area contributed by atoms with Crippen molar-refractivity contribution in [2.45, 2.75) is 25.7 Å². The van der Waals surface area contributed by atoms with Gasteiger partial charge in [0.15, 0.2) is 0 Å². The summed E-state index contributed by atoms with van der Waals surface area (Å²) in [7, 11) is 0. The molecule has 0 radical (unpaired) electrons. The fraction of sp³-hybridized carbons (Fsp3) is 0.391. The number of amides is 2. The lowest BCUT2D eigenvalue weighted by atomic mass is 10.1. The number of carbonyl (C=O) groups excluding carboxylic acids is 2. The van der Waals surface area contributed by atoms with E-state index in [2.05, 4.69) is 22.3 Å². The Kier molecular flexibility index (Phi) is 11.8. The van der Waals surface area contributed by atoms with Crippen molar-refractivity contribution in [3.8, 4) is 0 Å². The molecular weight excluding hydrogens is 435 g/mol. The molecule has 6 nitrogen and oxygen atoms in total. The maximum Gasteiger partial charge on any atom is 0.222 e. The van der Waals surface area contributed by atoms with Crippen LogP contribution in [0.25, 0.3) is 0 Å². The lowest BCUT2D eigenvalue weighted by Crippen LogP contribution is -2.48. The maximum absolute atomic E-state index is 12.4. The summed E-state index contributed by atoms with van der Waals surface area (Å²) in [5.74, 6) is 0.168. The molecule has 3 rings (SSSR count). The van der Waals surface area contributed by atoms with Crippen LogP contribution in [0.4, 0.5) is 11.4 Å². The van der Waals surface area contributed by atoms with Crippen LogP contribution in [0.3, 0.4) is 0 Å². The summed E-state index contributed by atoms with van der Waals surface area (Å²) in [6, 6.07) is 17.9. The summed E-state index contributed by atoms with van der Waals surface area (Å²) >= 11 is 0. The fourth-order valence-corrected chi connectivity index (χ4v) is 3.58. The largest absolute Gasteiger partial charge is 0.399 e. The number of halogens is 2. The highest BCUT2D eigenvalue weighted by molar-refractivity contribution is 5.85. The molecule has 1 aliphatic rings. The summed E-state index contributed by atoms with van der Waals surface area (Å²) in [5.41, 5.74) is 8.82. The second-order valence-electron chi connectivity index (χ2n) is 7.36. The van der Waals surface area contributed by atoms with E-state index in [0.29, 0.717) is 32.2 Å². The predicted octanol–water partition coefficient (Wildman–Crippen LogP) is 3.29. The number of para-hydroxylation sites is 2. The zero-order valence-corrected chi connectivity index (χ0v) is 19.3. The van der Waals surface area contributed by atoms with E-state index >= 15 is 0 Å². The molecule has 1 aliphatic heterocycles. The van der Waals surface area contributed by atoms with Crippen LogP contribution in [0.2, 0.25) is 0 Å².